The summed E-state index contributed by atoms with van der Waals surface area (Å²) in [5, 5.41) is 13.1. The maximum atomic E-state index is 9.55. The molecule has 0 spiro atoms. The van der Waals surface area contributed by atoms with Crippen LogP contribution in [0.25, 0.3) is 0 Å². The van der Waals surface area contributed by atoms with Crippen LogP contribution in [0, 0.1) is 6.92 Å². The van der Waals surface area contributed by atoms with E-state index in [1.165, 1.54) is 23.3 Å². The summed E-state index contributed by atoms with van der Waals surface area (Å²) >= 11 is 1.92. The van der Waals surface area contributed by atoms with Crippen LogP contribution in [-0.4, -0.2) is 29.0 Å². The number of hydrogen-bond acceptors (Lipinski definition) is 3. The number of aliphatic hydroxyl groups is 1. The smallest absolute Gasteiger partial charge is 0.0610 e. The molecular weight excluding hydrogens is 254 g/mol. The monoisotopic (exact) mass is 279 g/mol. The Morgan fingerprint density at radius 1 is 1.37 bits per heavy atom. The molecule has 1 aromatic carbocycles. The van der Waals surface area contributed by atoms with Crippen LogP contribution in [0.15, 0.2) is 29.2 Å². The molecule has 0 heterocycles. The third kappa shape index (κ3) is 4.83. The van der Waals surface area contributed by atoms with Gasteiger partial charge in [-0.3, -0.25) is 0 Å². The molecule has 19 heavy (non-hydrogen) atoms. The summed E-state index contributed by atoms with van der Waals surface area (Å²) in [6.45, 7) is 4.54. The van der Waals surface area contributed by atoms with E-state index in [1.54, 1.807) is 0 Å². The number of hydrogen-bond donors (Lipinski definition) is 2. The van der Waals surface area contributed by atoms with Crippen LogP contribution in [0.4, 0.5) is 0 Å². The first kappa shape index (κ1) is 14.9. The van der Waals surface area contributed by atoms with Crippen LogP contribution in [0.3, 0.4) is 0 Å². The van der Waals surface area contributed by atoms with Gasteiger partial charge in [0, 0.05) is 16.5 Å². The van der Waals surface area contributed by atoms with Crippen molar-refractivity contribution in [3.8, 4) is 0 Å². The first-order chi connectivity index (χ1) is 9.13. The standard InChI is InChI=1S/C16H25NOS/c1-13-6-3-4-7-15(13)19-11-5-10-16(2,12-18)17-14-8-9-14/h3-4,6-7,14,17-18H,5,8-12H2,1-2H3. The molecule has 0 bridgehead atoms. The van der Waals surface area contributed by atoms with Crippen molar-refractivity contribution in [1.29, 1.82) is 0 Å². The van der Waals surface area contributed by atoms with Gasteiger partial charge in [0.1, 0.15) is 0 Å². The number of aryl methyl sites for hydroxylation is 1. The Morgan fingerprint density at radius 2 is 2.11 bits per heavy atom. The highest BCUT2D eigenvalue weighted by Crippen LogP contribution is 2.27. The van der Waals surface area contributed by atoms with E-state index in [2.05, 4.69) is 43.4 Å². The highest BCUT2D eigenvalue weighted by molar-refractivity contribution is 7.99. The summed E-state index contributed by atoms with van der Waals surface area (Å²) in [5.74, 6) is 1.12. The second kappa shape index (κ2) is 6.78. The molecule has 1 aliphatic rings. The van der Waals surface area contributed by atoms with Gasteiger partial charge in [-0.15, -0.1) is 11.8 Å². The first-order valence-electron chi connectivity index (χ1n) is 7.20. The molecule has 1 aliphatic carbocycles. The minimum atomic E-state index is -0.0898. The lowest BCUT2D eigenvalue weighted by atomic mass is 9.97. The Kier molecular flexibility index (Phi) is 5.31. The van der Waals surface area contributed by atoms with E-state index in [9.17, 15) is 5.11 Å². The van der Waals surface area contributed by atoms with E-state index >= 15 is 0 Å². The Morgan fingerprint density at radius 3 is 2.74 bits per heavy atom. The fourth-order valence-electron chi connectivity index (χ4n) is 2.28. The maximum absolute atomic E-state index is 9.55. The van der Waals surface area contributed by atoms with E-state index < -0.39 is 0 Å². The molecule has 0 aliphatic heterocycles. The molecule has 0 saturated heterocycles. The Balaban J connectivity index is 1.72. The second-order valence-electron chi connectivity index (χ2n) is 5.85. The lowest BCUT2D eigenvalue weighted by Gasteiger charge is -2.29. The zero-order valence-corrected chi connectivity index (χ0v) is 12.8. The van der Waals surface area contributed by atoms with Gasteiger partial charge in [0.15, 0.2) is 0 Å². The fourth-order valence-corrected chi connectivity index (χ4v) is 3.26. The Labute approximate surface area is 121 Å². The molecule has 1 atom stereocenters. The molecule has 0 amide bonds. The topological polar surface area (TPSA) is 32.3 Å². The van der Waals surface area contributed by atoms with Gasteiger partial charge in [0.05, 0.1) is 6.61 Å². The molecule has 1 aromatic rings. The lowest BCUT2D eigenvalue weighted by Crippen LogP contribution is -2.46. The van der Waals surface area contributed by atoms with Crippen LogP contribution >= 0.6 is 11.8 Å². The maximum Gasteiger partial charge on any atom is 0.0610 e. The zero-order valence-electron chi connectivity index (χ0n) is 12.0. The van der Waals surface area contributed by atoms with Gasteiger partial charge in [-0.25, -0.2) is 0 Å². The van der Waals surface area contributed by atoms with Crippen molar-refractivity contribution in [2.45, 2.75) is 56.0 Å². The third-order valence-corrected chi connectivity index (χ3v) is 4.96. The number of rotatable bonds is 8. The summed E-state index contributed by atoms with van der Waals surface area (Å²) in [7, 11) is 0. The van der Waals surface area contributed by atoms with Crippen molar-refractivity contribution in [3.63, 3.8) is 0 Å². The minimum Gasteiger partial charge on any atom is -0.394 e. The summed E-state index contributed by atoms with van der Waals surface area (Å²) in [4.78, 5) is 1.38. The number of aliphatic hydroxyl groups excluding tert-OH is 1. The van der Waals surface area contributed by atoms with Crippen molar-refractivity contribution in [3.05, 3.63) is 29.8 Å². The van der Waals surface area contributed by atoms with Gasteiger partial charge >= 0.3 is 0 Å². The molecule has 1 unspecified atom stereocenters. The van der Waals surface area contributed by atoms with Gasteiger partial charge in [-0.2, -0.15) is 0 Å². The van der Waals surface area contributed by atoms with Gasteiger partial charge in [-0.1, -0.05) is 18.2 Å². The van der Waals surface area contributed by atoms with Crippen LogP contribution in [0.5, 0.6) is 0 Å². The van der Waals surface area contributed by atoms with E-state index in [0.717, 1.165) is 18.6 Å². The molecule has 0 radical (unpaired) electrons. The second-order valence-corrected chi connectivity index (χ2v) is 6.99. The van der Waals surface area contributed by atoms with Crippen LogP contribution in [0.2, 0.25) is 0 Å². The van der Waals surface area contributed by atoms with Crippen LogP contribution < -0.4 is 5.32 Å². The normalized spacial score (nSPS) is 18.3. The molecule has 1 saturated carbocycles. The Hall–Kier alpha value is -0.510. The quantitative estimate of drug-likeness (QED) is 0.565. The number of thioether (sulfide) groups is 1. The highest BCUT2D eigenvalue weighted by Gasteiger charge is 2.31. The minimum absolute atomic E-state index is 0.0898. The summed E-state index contributed by atoms with van der Waals surface area (Å²) in [6.07, 6.45) is 4.72. The molecule has 0 aromatic heterocycles. The molecule has 2 N–H and O–H groups in total. The van der Waals surface area contributed by atoms with Gasteiger partial charge in [0.25, 0.3) is 0 Å². The van der Waals surface area contributed by atoms with Crippen LogP contribution in [-0.2, 0) is 0 Å². The lowest BCUT2D eigenvalue weighted by molar-refractivity contribution is 0.163. The van der Waals surface area contributed by atoms with Crippen molar-refractivity contribution in [1.82, 2.24) is 5.32 Å². The molecule has 1 fully saturated rings. The highest BCUT2D eigenvalue weighted by atomic mass is 32.2. The molecular formula is C16H25NOS. The third-order valence-electron chi connectivity index (χ3n) is 3.70. The van der Waals surface area contributed by atoms with Crippen LogP contribution in [0.1, 0.15) is 38.2 Å². The first-order valence-corrected chi connectivity index (χ1v) is 8.18. The summed E-state index contributed by atoms with van der Waals surface area (Å²) in [6, 6.07) is 9.19. The zero-order chi connectivity index (χ0) is 13.7. The number of benzene rings is 1. The molecule has 2 rings (SSSR count). The van der Waals surface area contributed by atoms with E-state index in [4.69, 9.17) is 0 Å². The van der Waals surface area contributed by atoms with Crippen molar-refractivity contribution in [2.24, 2.45) is 0 Å². The summed E-state index contributed by atoms with van der Waals surface area (Å²) in [5.41, 5.74) is 1.27. The van der Waals surface area contributed by atoms with Crippen molar-refractivity contribution < 1.29 is 5.11 Å². The largest absolute Gasteiger partial charge is 0.394 e. The average molecular weight is 279 g/mol. The average Bonchev–Trinajstić information content (AvgIpc) is 3.20. The van der Waals surface area contributed by atoms with Crippen molar-refractivity contribution in [2.75, 3.05) is 12.4 Å². The van der Waals surface area contributed by atoms with Crippen molar-refractivity contribution >= 4 is 11.8 Å². The van der Waals surface area contributed by atoms with Gasteiger partial charge in [-0.05, 0) is 56.9 Å². The molecule has 2 nitrogen and oxygen atoms in total. The van der Waals surface area contributed by atoms with E-state index in [0.29, 0.717) is 6.04 Å². The van der Waals surface area contributed by atoms with Gasteiger partial charge in [0.2, 0.25) is 0 Å². The molecule has 3 heteroatoms. The number of nitrogens with one attached hydrogen (secondary N) is 1. The predicted molar refractivity (Wildman–Crippen MR) is 82.8 cm³/mol. The summed E-state index contributed by atoms with van der Waals surface area (Å²) < 4.78 is 0. The Bertz CT molecular complexity index is 405. The fraction of sp³-hybridized carbons (Fsp3) is 0.625. The predicted octanol–water partition coefficient (Wildman–Crippen LogP) is 3.37. The van der Waals surface area contributed by atoms with E-state index in [-0.39, 0.29) is 12.1 Å². The van der Waals surface area contributed by atoms with Gasteiger partial charge < -0.3 is 10.4 Å². The van der Waals surface area contributed by atoms with E-state index in [1.807, 2.05) is 11.8 Å². The SMILES string of the molecule is Cc1ccccc1SCCCC(C)(CO)NC1CC1. The molecule has 106 valence electrons.